The molecule has 0 aliphatic carbocycles. The number of anilines is 1. The van der Waals surface area contributed by atoms with E-state index in [-0.39, 0.29) is 36.1 Å². The second-order valence-corrected chi connectivity index (χ2v) is 9.48. The van der Waals surface area contributed by atoms with Crippen LogP contribution < -0.4 is 16.0 Å². The Balaban J connectivity index is 1.58. The number of amides is 3. The minimum Gasteiger partial charge on any atom is -0.445 e. The van der Waals surface area contributed by atoms with Gasteiger partial charge in [-0.3, -0.25) is 19.4 Å². The molecule has 3 rings (SSSR count). The molecule has 2 aromatic carbocycles. The molecule has 3 aromatic rings. The molecule has 0 spiro atoms. The smallest absolute Gasteiger partial charge is 0.408 e. The van der Waals surface area contributed by atoms with E-state index in [9.17, 15) is 19.2 Å². The number of nitrogens with zero attached hydrogens (tertiary/aromatic N) is 1. The van der Waals surface area contributed by atoms with Gasteiger partial charge in [0.15, 0.2) is 0 Å². The second kappa shape index (κ2) is 14.0. The lowest BCUT2D eigenvalue weighted by Gasteiger charge is -2.23. The first-order valence-corrected chi connectivity index (χ1v) is 12.9. The molecule has 0 unspecified atom stereocenters. The van der Waals surface area contributed by atoms with Crippen LogP contribution in [0.15, 0.2) is 77.4 Å². The summed E-state index contributed by atoms with van der Waals surface area (Å²) in [6.45, 7) is 3.42. The lowest BCUT2D eigenvalue weighted by molar-refractivity contribution is -0.126. The van der Waals surface area contributed by atoms with Gasteiger partial charge >= 0.3 is 6.09 Å². The van der Waals surface area contributed by atoms with Crippen LogP contribution in [0.2, 0.25) is 0 Å². The molecule has 10 heteroatoms. The summed E-state index contributed by atoms with van der Waals surface area (Å²) in [5.41, 5.74) is 1.59. The normalized spacial score (nSPS) is 12.1. The lowest BCUT2D eigenvalue weighted by atomic mass is 9.98. The number of carbonyl (C=O) groups is 4. The summed E-state index contributed by atoms with van der Waals surface area (Å²) >= 11 is 3.32. The number of pyridine rings is 1. The molecule has 0 aliphatic heterocycles. The average molecular weight is 581 g/mol. The van der Waals surface area contributed by atoms with Gasteiger partial charge in [0.1, 0.15) is 18.3 Å². The van der Waals surface area contributed by atoms with Gasteiger partial charge in [-0.15, -0.1) is 0 Å². The number of ketones is 1. The molecule has 198 valence electrons. The van der Waals surface area contributed by atoms with E-state index in [0.29, 0.717) is 16.6 Å². The number of rotatable bonds is 11. The molecule has 3 amide bonds. The van der Waals surface area contributed by atoms with E-state index in [4.69, 9.17) is 4.74 Å². The van der Waals surface area contributed by atoms with Crippen molar-refractivity contribution in [3.8, 4) is 0 Å². The van der Waals surface area contributed by atoms with E-state index >= 15 is 0 Å². The molecular formula is C28H29BrN4O5. The number of alkyl carbamates (subject to hydrolysis) is 1. The molecule has 0 radical (unpaired) electrons. The topological polar surface area (TPSA) is 126 Å². The Morgan fingerprint density at radius 3 is 2.42 bits per heavy atom. The van der Waals surface area contributed by atoms with Crippen molar-refractivity contribution in [3.63, 3.8) is 0 Å². The van der Waals surface area contributed by atoms with Gasteiger partial charge in [-0.1, -0.05) is 78.7 Å². The summed E-state index contributed by atoms with van der Waals surface area (Å²) < 4.78 is 5.94. The van der Waals surface area contributed by atoms with Crippen LogP contribution in [0, 0.1) is 5.92 Å². The predicted octanol–water partition coefficient (Wildman–Crippen LogP) is 4.47. The molecule has 0 bridgehead atoms. The number of ether oxygens (including phenoxy) is 1. The highest BCUT2D eigenvalue weighted by atomic mass is 79.9. The van der Waals surface area contributed by atoms with Gasteiger partial charge in [-0.2, -0.15) is 0 Å². The Bertz CT molecular complexity index is 1290. The maximum atomic E-state index is 13.0. The number of carbonyl (C=O) groups excluding carboxylic acids is 4. The van der Waals surface area contributed by atoms with Gasteiger partial charge < -0.3 is 20.7 Å². The lowest BCUT2D eigenvalue weighted by Crippen LogP contribution is -2.51. The monoisotopic (exact) mass is 580 g/mol. The third-order valence-electron chi connectivity index (χ3n) is 5.81. The van der Waals surface area contributed by atoms with Crippen molar-refractivity contribution in [1.29, 1.82) is 0 Å². The van der Waals surface area contributed by atoms with Gasteiger partial charge in [-0.05, 0) is 35.7 Å². The van der Waals surface area contributed by atoms with Crippen LogP contribution in [0.4, 0.5) is 10.5 Å². The molecule has 0 fully saturated rings. The van der Waals surface area contributed by atoms with Crippen molar-refractivity contribution in [3.05, 3.63) is 94.2 Å². The minimum absolute atomic E-state index is 0.0670. The Labute approximate surface area is 229 Å². The van der Waals surface area contributed by atoms with Crippen molar-refractivity contribution in [2.24, 2.45) is 5.92 Å². The first-order valence-electron chi connectivity index (χ1n) is 12.1. The number of hydrogen-bond donors (Lipinski definition) is 3. The first-order chi connectivity index (χ1) is 18.3. The van der Waals surface area contributed by atoms with E-state index in [1.165, 1.54) is 6.20 Å². The first kappa shape index (κ1) is 28.5. The van der Waals surface area contributed by atoms with Gasteiger partial charge in [0.25, 0.3) is 0 Å². The molecule has 0 aliphatic rings. The Morgan fingerprint density at radius 2 is 1.71 bits per heavy atom. The molecule has 3 N–H and O–H groups in total. The molecule has 2 atom stereocenters. The number of aromatic nitrogens is 1. The Morgan fingerprint density at radius 1 is 1.00 bits per heavy atom. The van der Waals surface area contributed by atoms with Crippen LogP contribution in [0.1, 0.15) is 41.9 Å². The van der Waals surface area contributed by atoms with Crippen LogP contribution in [0.5, 0.6) is 0 Å². The maximum absolute atomic E-state index is 13.0. The van der Waals surface area contributed by atoms with E-state index < -0.39 is 23.9 Å². The highest BCUT2D eigenvalue weighted by molar-refractivity contribution is 9.10. The van der Waals surface area contributed by atoms with Gasteiger partial charge in [0.05, 0.1) is 12.2 Å². The zero-order chi connectivity index (χ0) is 27.5. The highest BCUT2D eigenvalue weighted by Gasteiger charge is 2.27. The summed E-state index contributed by atoms with van der Waals surface area (Å²) in [6.07, 6.45) is 1.39. The number of nitrogens with one attached hydrogen (secondary N) is 3. The number of hydrogen-bond acceptors (Lipinski definition) is 6. The number of benzene rings is 2. The SMILES string of the molecule is CC[C@H](C)[C@H](NC(=O)OCc1ccccc1)C(=O)NCC(=O)Nc1ccccc1C(=O)c1cc(Br)ccn1. The van der Waals surface area contributed by atoms with E-state index in [1.54, 1.807) is 36.4 Å². The third kappa shape index (κ3) is 8.24. The van der Waals surface area contributed by atoms with Crippen molar-refractivity contribution in [2.45, 2.75) is 32.9 Å². The molecule has 9 nitrogen and oxygen atoms in total. The molecular weight excluding hydrogens is 552 g/mol. The molecule has 38 heavy (non-hydrogen) atoms. The highest BCUT2D eigenvalue weighted by Crippen LogP contribution is 2.20. The summed E-state index contributed by atoms with van der Waals surface area (Å²) in [5.74, 6) is -1.62. The van der Waals surface area contributed by atoms with E-state index in [0.717, 1.165) is 5.56 Å². The van der Waals surface area contributed by atoms with E-state index in [1.807, 2.05) is 44.2 Å². The number of halogens is 1. The van der Waals surface area contributed by atoms with Crippen LogP contribution in [0.25, 0.3) is 0 Å². The van der Waals surface area contributed by atoms with Crippen molar-refractivity contribution in [1.82, 2.24) is 15.6 Å². The summed E-state index contributed by atoms with van der Waals surface area (Å²) in [7, 11) is 0. The molecule has 1 aromatic heterocycles. The van der Waals surface area contributed by atoms with Crippen LogP contribution in [0.3, 0.4) is 0 Å². The van der Waals surface area contributed by atoms with Gasteiger partial charge in [0.2, 0.25) is 17.6 Å². The minimum atomic E-state index is -0.896. The Kier molecular flexibility index (Phi) is 10.5. The Hall–Kier alpha value is -4.05. The molecule has 0 saturated heterocycles. The standard InChI is InChI=1S/C28H29BrN4O5/c1-3-18(2)25(33-28(37)38-17-19-9-5-4-6-10-19)27(36)31-16-24(34)32-22-12-8-7-11-21(22)26(35)23-15-20(29)13-14-30-23/h4-15,18,25H,3,16-17H2,1-2H3,(H,31,36)(H,32,34)(H,33,37)/t18-,25-/m0/s1. The average Bonchev–Trinajstić information content (AvgIpc) is 2.93. The van der Waals surface area contributed by atoms with Crippen LogP contribution >= 0.6 is 15.9 Å². The van der Waals surface area contributed by atoms with Gasteiger partial charge in [0, 0.05) is 16.2 Å². The second-order valence-electron chi connectivity index (χ2n) is 8.57. The zero-order valence-electron chi connectivity index (χ0n) is 21.1. The summed E-state index contributed by atoms with van der Waals surface area (Å²) in [5, 5.41) is 7.82. The fraction of sp³-hybridized carbons (Fsp3) is 0.250. The third-order valence-corrected chi connectivity index (χ3v) is 6.30. The zero-order valence-corrected chi connectivity index (χ0v) is 22.7. The fourth-order valence-corrected chi connectivity index (χ4v) is 3.86. The predicted molar refractivity (Wildman–Crippen MR) is 146 cm³/mol. The molecule has 0 saturated carbocycles. The number of para-hydroxylation sites is 1. The van der Waals surface area contributed by atoms with Crippen molar-refractivity contribution in [2.75, 3.05) is 11.9 Å². The maximum Gasteiger partial charge on any atom is 0.408 e. The van der Waals surface area contributed by atoms with Crippen molar-refractivity contribution < 1.29 is 23.9 Å². The van der Waals surface area contributed by atoms with Crippen LogP contribution in [-0.2, 0) is 20.9 Å². The van der Waals surface area contributed by atoms with E-state index in [2.05, 4.69) is 36.9 Å². The largest absolute Gasteiger partial charge is 0.445 e. The van der Waals surface area contributed by atoms with Crippen LogP contribution in [-0.4, -0.2) is 41.3 Å². The summed E-state index contributed by atoms with van der Waals surface area (Å²) in [6, 6.07) is 18.1. The quantitative estimate of drug-likeness (QED) is 0.287. The van der Waals surface area contributed by atoms with Gasteiger partial charge in [-0.25, -0.2) is 4.79 Å². The summed E-state index contributed by atoms with van der Waals surface area (Å²) in [4.78, 5) is 54.9. The van der Waals surface area contributed by atoms with Crippen molar-refractivity contribution >= 4 is 45.3 Å². The molecule has 1 heterocycles. The fourth-order valence-electron chi connectivity index (χ4n) is 3.52.